The summed E-state index contributed by atoms with van der Waals surface area (Å²) < 4.78 is 47.5. The fourth-order valence-corrected chi connectivity index (χ4v) is 1.31. The second-order valence-corrected chi connectivity index (χ2v) is 3.71. The van der Waals surface area contributed by atoms with Gasteiger partial charge in [-0.3, -0.25) is 0 Å². The molecule has 1 rings (SSSR count). The first-order valence-corrected chi connectivity index (χ1v) is 5.62. The molecule has 0 aromatic heterocycles. The molecule has 0 spiro atoms. The normalized spacial score (nSPS) is 11.6. The molecule has 3 nitrogen and oxygen atoms in total. The fourth-order valence-electron chi connectivity index (χ4n) is 1.31. The number of anilines is 1. The number of rotatable bonds is 6. The van der Waals surface area contributed by atoms with Crippen LogP contribution in [0, 0.1) is 0 Å². The molecule has 102 valence electrons. The van der Waals surface area contributed by atoms with E-state index in [2.05, 4.69) is 0 Å². The van der Waals surface area contributed by atoms with Crippen molar-refractivity contribution in [1.82, 2.24) is 0 Å². The van der Waals surface area contributed by atoms with Crippen LogP contribution in [0.3, 0.4) is 0 Å². The van der Waals surface area contributed by atoms with Gasteiger partial charge < -0.3 is 15.2 Å². The Bertz CT molecular complexity index is 380. The Balaban J connectivity index is 2.53. The van der Waals surface area contributed by atoms with Crippen molar-refractivity contribution in [2.75, 3.05) is 25.6 Å². The zero-order valence-corrected chi connectivity index (χ0v) is 10.1. The summed E-state index contributed by atoms with van der Waals surface area (Å²) in [5, 5.41) is 0. The molecule has 1 aromatic carbocycles. The molecule has 0 radical (unpaired) electrons. The molecule has 0 fully saturated rings. The summed E-state index contributed by atoms with van der Waals surface area (Å²) in [7, 11) is 0. The highest BCUT2D eigenvalue weighted by Crippen LogP contribution is 2.33. The molecular formula is C12H16F3NO2. The number of halogens is 3. The van der Waals surface area contributed by atoms with E-state index in [4.69, 9.17) is 15.2 Å². The molecule has 18 heavy (non-hydrogen) atoms. The highest BCUT2D eigenvalue weighted by Gasteiger charge is 2.30. The Hall–Kier alpha value is -1.43. The summed E-state index contributed by atoms with van der Waals surface area (Å²) >= 11 is 0. The maximum atomic E-state index is 12.4. The molecule has 0 aliphatic rings. The van der Waals surface area contributed by atoms with Crippen LogP contribution in [-0.2, 0) is 10.9 Å². The first-order valence-electron chi connectivity index (χ1n) is 5.62. The van der Waals surface area contributed by atoms with Gasteiger partial charge in [-0.15, -0.1) is 0 Å². The van der Waals surface area contributed by atoms with Crippen LogP contribution in [0.5, 0.6) is 5.75 Å². The molecule has 0 aliphatic heterocycles. The summed E-state index contributed by atoms with van der Waals surface area (Å²) in [6.07, 6.45) is -3.49. The summed E-state index contributed by atoms with van der Waals surface area (Å²) in [5.41, 5.74) is 4.68. The quantitative estimate of drug-likeness (QED) is 0.633. The molecule has 2 N–H and O–H groups in total. The predicted molar refractivity (Wildman–Crippen MR) is 62.5 cm³/mol. The Kier molecular flexibility index (Phi) is 5.27. The van der Waals surface area contributed by atoms with Crippen LogP contribution < -0.4 is 10.5 Å². The molecule has 0 unspecified atom stereocenters. The number of hydrogen-bond acceptors (Lipinski definition) is 3. The Labute approximate surface area is 104 Å². The van der Waals surface area contributed by atoms with Crippen LogP contribution in [0.4, 0.5) is 18.9 Å². The Morgan fingerprint density at radius 2 is 1.89 bits per heavy atom. The van der Waals surface area contributed by atoms with Gasteiger partial charge in [-0.1, -0.05) is 6.92 Å². The van der Waals surface area contributed by atoms with Crippen molar-refractivity contribution in [3.05, 3.63) is 23.8 Å². The Morgan fingerprint density at radius 3 is 2.44 bits per heavy atom. The highest BCUT2D eigenvalue weighted by molar-refractivity contribution is 5.54. The lowest BCUT2D eigenvalue weighted by Gasteiger charge is -2.12. The molecule has 0 saturated heterocycles. The molecule has 0 aliphatic carbocycles. The SMILES string of the molecule is CCCOCCOc1ccc(C(F)(F)F)cc1N. The standard InChI is InChI=1S/C12H16F3NO2/c1-2-5-17-6-7-18-11-4-3-9(8-10(11)16)12(13,14)15/h3-4,8H,2,5-7,16H2,1H3. The van der Waals surface area contributed by atoms with Gasteiger partial charge in [-0.05, 0) is 24.6 Å². The molecule has 0 heterocycles. The minimum Gasteiger partial charge on any atom is -0.489 e. The van der Waals surface area contributed by atoms with Crippen LogP contribution in [0.2, 0.25) is 0 Å². The van der Waals surface area contributed by atoms with Crippen molar-refractivity contribution in [1.29, 1.82) is 0 Å². The summed E-state index contributed by atoms with van der Waals surface area (Å²) in [5.74, 6) is 0.239. The van der Waals surface area contributed by atoms with Crippen LogP contribution in [-0.4, -0.2) is 19.8 Å². The summed E-state index contributed by atoms with van der Waals surface area (Å²) in [4.78, 5) is 0. The predicted octanol–water partition coefficient (Wildman–Crippen LogP) is 3.09. The average molecular weight is 263 g/mol. The minimum atomic E-state index is -4.39. The minimum absolute atomic E-state index is 0.0275. The van der Waals surface area contributed by atoms with Crippen LogP contribution >= 0.6 is 0 Å². The van der Waals surface area contributed by atoms with E-state index in [9.17, 15) is 13.2 Å². The van der Waals surface area contributed by atoms with Crippen LogP contribution in [0.25, 0.3) is 0 Å². The lowest BCUT2D eigenvalue weighted by Crippen LogP contribution is -2.10. The first-order chi connectivity index (χ1) is 8.45. The summed E-state index contributed by atoms with van der Waals surface area (Å²) in [6, 6.07) is 3.03. The van der Waals surface area contributed by atoms with Crippen molar-refractivity contribution >= 4 is 5.69 Å². The van der Waals surface area contributed by atoms with E-state index < -0.39 is 11.7 Å². The van der Waals surface area contributed by atoms with Crippen molar-refractivity contribution < 1.29 is 22.6 Å². The van der Waals surface area contributed by atoms with E-state index in [0.29, 0.717) is 13.2 Å². The van der Waals surface area contributed by atoms with E-state index in [0.717, 1.165) is 18.6 Å². The maximum absolute atomic E-state index is 12.4. The smallest absolute Gasteiger partial charge is 0.416 e. The van der Waals surface area contributed by atoms with Crippen molar-refractivity contribution in [2.45, 2.75) is 19.5 Å². The van der Waals surface area contributed by atoms with Crippen LogP contribution in [0.1, 0.15) is 18.9 Å². The molecule has 1 aromatic rings. The topological polar surface area (TPSA) is 44.5 Å². The second kappa shape index (κ2) is 6.49. The maximum Gasteiger partial charge on any atom is 0.416 e. The molecular weight excluding hydrogens is 247 g/mol. The van der Waals surface area contributed by atoms with E-state index in [-0.39, 0.29) is 18.0 Å². The molecule has 0 atom stereocenters. The lowest BCUT2D eigenvalue weighted by molar-refractivity contribution is -0.137. The fraction of sp³-hybridized carbons (Fsp3) is 0.500. The van der Waals surface area contributed by atoms with Gasteiger partial charge in [0.15, 0.2) is 0 Å². The number of nitrogen functional groups attached to an aromatic ring is 1. The van der Waals surface area contributed by atoms with Crippen molar-refractivity contribution in [3.8, 4) is 5.75 Å². The third-order valence-electron chi connectivity index (χ3n) is 2.17. The molecule has 0 amide bonds. The number of alkyl halides is 3. The van der Waals surface area contributed by atoms with Gasteiger partial charge in [0.2, 0.25) is 0 Å². The van der Waals surface area contributed by atoms with Gasteiger partial charge in [0.25, 0.3) is 0 Å². The summed E-state index contributed by atoms with van der Waals surface area (Å²) in [6.45, 7) is 3.25. The van der Waals surface area contributed by atoms with Gasteiger partial charge >= 0.3 is 6.18 Å². The van der Waals surface area contributed by atoms with E-state index in [1.807, 2.05) is 6.92 Å². The Morgan fingerprint density at radius 1 is 1.17 bits per heavy atom. The van der Waals surface area contributed by atoms with Crippen molar-refractivity contribution in [3.63, 3.8) is 0 Å². The van der Waals surface area contributed by atoms with E-state index >= 15 is 0 Å². The average Bonchev–Trinajstić information content (AvgIpc) is 2.29. The zero-order valence-electron chi connectivity index (χ0n) is 10.1. The van der Waals surface area contributed by atoms with Gasteiger partial charge in [0.05, 0.1) is 17.9 Å². The number of nitrogens with two attached hydrogens (primary N) is 1. The van der Waals surface area contributed by atoms with E-state index in [1.54, 1.807) is 0 Å². The molecule has 0 saturated carbocycles. The zero-order chi connectivity index (χ0) is 13.6. The van der Waals surface area contributed by atoms with Crippen molar-refractivity contribution in [2.24, 2.45) is 0 Å². The second-order valence-electron chi connectivity index (χ2n) is 3.71. The first kappa shape index (κ1) is 14.6. The molecule has 6 heteroatoms. The van der Waals surface area contributed by atoms with E-state index in [1.165, 1.54) is 6.07 Å². The van der Waals surface area contributed by atoms with Crippen LogP contribution in [0.15, 0.2) is 18.2 Å². The van der Waals surface area contributed by atoms with Gasteiger partial charge in [-0.25, -0.2) is 0 Å². The third kappa shape index (κ3) is 4.44. The van der Waals surface area contributed by atoms with Gasteiger partial charge in [-0.2, -0.15) is 13.2 Å². The number of benzene rings is 1. The van der Waals surface area contributed by atoms with Gasteiger partial charge in [0, 0.05) is 6.61 Å². The highest BCUT2D eigenvalue weighted by atomic mass is 19.4. The monoisotopic (exact) mass is 263 g/mol. The van der Waals surface area contributed by atoms with Gasteiger partial charge in [0.1, 0.15) is 12.4 Å². The lowest BCUT2D eigenvalue weighted by atomic mass is 10.2. The third-order valence-corrected chi connectivity index (χ3v) is 2.17. The molecule has 0 bridgehead atoms. The largest absolute Gasteiger partial charge is 0.489 e. The number of hydrogen-bond donors (Lipinski definition) is 1. The number of ether oxygens (including phenoxy) is 2.